The number of rotatable bonds is 9. The summed E-state index contributed by atoms with van der Waals surface area (Å²) in [4.78, 5) is 0. The minimum absolute atomic E-state index is 0.376. The van der Waals surface area contributed by atoms with Gasteiger partial charge in [-0.2, -0.15) is 0 Å². The van der Waals surface area contributed by atoms with Gasteiger partial charge < -0.3 is 11.1 Å². The van der Waals surface area contributed by atoms with E-state index in [0.29, 0.717) is 11.5 Å². The second kappa shape index (κ2) is 9.00. The van der Waals surface area contributed by atoms with Crippen molar-refractivity contribution in [2.45, 2.75) is 72.3 Å². The van der Waals surface area contributed by atoms with E-state index in [0.717, 1.165) is 13.1 Å². The number of hydrogen-bond donors (Lipinski definition) is 2. The van der Waals surface area contributed by atoms with E-state index < -0.39 is 0 Å². The summed E-state index contributed by atoms with van der Waals surface area (Å²) >= 11 is 0. The van der Waals surface area contributed by atoms with Crippen LogP contribution >= 0.6 is 0 Å². The summed E-state index contributed by atoms with van der Waals surface area (Å²) in [7, 11) is 0. The average Bonchev–Trinajstić information content (AvgIpc) is 2.20. The van der Waals surface area contributed by atoms with Crippen LogP contribution in [0.1, 0.15) is 66.2 Å². The van der Waals surface area contributed by atoms with Gasteiger partial charge in [0.2, 0.25) is 0 Å². The van der Waals surface area contributed by atoms with Crippen molar-refractivity contribution in [1.29, 1.82) is 0 Å². The lowest BCUT2D eigenvalue weighted by molar-refractivity contribution is 0.285. The number of hydrogen-bond acceptors (Lipinski definition) is 2. The fraction of sp³-hybridized carbons (Fsp3) is 1.00. The first-order chi connectivity index (χ1) is 7.48. The van der Waals surface area contributed by atoms with Crippen molar-refractivity contribution in [3.63, 3.8) is 0 Å². The molecule has 0 aliphatic rings. The highest BCUT2D eigenvalue weighted by atomic mass is 14.9. The monoisotopic (exact) mass is 228 g/mol. The van der Waals surface area contributed by atoms with Crippen LogP contribution in [0.2, 0.25) is 0 Å². The zero-order valence-electron chi connectivity index (χ0n) is 11.8. The van der Waals surface area contributed by atoms with Gasteiger partial charge in [0, 0.05) is 6.04 Å². The summed E-state index contributed by atoms with van der Waals surface area (Å²) in [5.74, 6) is 0. The quantitative estimate of drug-likeness (QED) is 0.594. The minimum Gasteiger partial charge on any atom is -0.330 e. The second-order valence-corrected chi connectivity index (χ2v) is 5.95. The van der Waals surface area contributed by atoms with Crippen molar-refractivity contribution in [2.24, 2.45) is 11.1 Å². The molecule has 0 amide bonds. The normalized spacial score (nSPS) is 14.1. The Morgan fingerprint density at radius 2 is 1.44 bits per heavy atom. The Labute approximate surface area is 102 Å². The smallest absolute Gasteiger partial charge is 0.00872 e. The number of unbranched alkanes of at least 4 members (excludes halogenated alkanes) is 5. The van der Waals surface area contributed by atoms with Crippen LogP contribution in [0, 0.1) is 5.41 Å². The summed E-state index contributed by atoms with van der Waals surface area (Å²) in [6, 6.07) is 0.602. The molecule has 0 aliphatic heterocycles. The van der Waals surface area contributed by atoms with Gasteiger partial charge in [-0.1, -0.05) is 46.5 Å². The molecule has 0 heterocycles. The van der Waals surface area contributed by atoms with Crippen LogP contribution in [-0.4, -0.2) is 19.1 Å². The molecule has 1 atom stereocenters. The molecule has 0 aromatic heterocycles. The predicted molar refractivity (Wildman–Crippen MR) is 73.7 cm³/mol. The predicted octanol–water partition coefficient (Wildman–Crippen LogP) is 3.31. The Morgan fingerprint density at radius 1 is 0.938 bits per heavy atom. The highest BCUT2D eigenvalue weighted by molar-refractivity contribution is 4.75. The van der Waals surface area contributed by atoms with Crippen molar-refractivity contribution in [3.05, 3.63) is 0 Å². The minimum atomic E-state index is 0.376. The molecule has 16 heavy (non-hydrogen) atoms. The van der Waals surface area contributed by atoms with Gasteiger partial charge in [0.25, 0.3) is 0 Å². The highest BCUT2D eigenvalue weighted by Gasteiger charge is 2.18. The van der Waals surface area contributed by atoms with Crippen LogP contribution in [0.5, 0.6) is 0 Å². The van der Waals surface area contributed by atoms with E-state index in [1.807, 2.05) is 0 Å². The van der Waals surface area contributed by atoms with Crippen LogP contribution in [0.25, 0.3) is 0 Å². The first kappa shape index (κ1) is 15.9. The van der Waals surface area contributed by atoms with E-state index in [1.54, 1.807) is 0 Å². The average molecular weight is 228 g/mol. The molecule has 0 aromatic rings. The van der Waals surface area contributed by atoms with Crippen molar-refractivity contribution >= 4 is 0 Å². The van der Waals surface area contributed by atoms with Crippen molar-refractivity contribution < 1.29 is 0 Å². The van der Waals surface area contributed by atoms with E-state index >= 15 is 0 Å². The van der Waals surface area contributed by atoms with E-state index in [4.69, 9.17) is 5.73 Å². The maximum atomic E-state index is 5.45. The lowest BCUT2D eigenvalue weighted by Gasteiger charge is -2.28. The summed E-state index contributed by atoms with van der Waals surface area (Å²) in [5, 5.41) is 3.60. The van der Waals surface area contributed by atoms with Gasteiger partial charge in [-0.25, -0.2) is 0 Å². The van der Waals surface area contributed by atoms with E-state index in [1.165, 1.54) is 38.5 Å². The fourth-order valence-corrected chi connectivity index (χ4v) is 1.60. The maximum absolute atomic E-state index is 5.45. The molecule has 0 aliphatic carbocycles. The molecular formula is C14H32N2. The Bertz CT molecular complexity index is 149. The van der Waals surface area contributed by atoms with Gasteiger partial charge in [-0.3, -0.25) is 0 Å². The van der Waals surface area contributed by atoms with Gasteiger partial charge in [0.1, 0.15) is 0 Å². The van der Waals surface area contributed by atoms with Crippen molar-refractivity contribution in [3.8, 4) is 0 Å². The molecule has 0 aromatic carbocycles. The first-order valence-electron chi connectivity index (χ1n) is 6.92. The van der Waals surface area contributed by atoms with E-state index in [2.05, 4.69) is 33.0 Å². The molecule has 0 fully saturated rings. The molecule has 1 unspecified atom stereocenters. The zero-order chi connectivity index (χ0) is 12.4. The molecule has 2 nitrogen and oxygen atoms in total. The molecule has 3 N–H and O–H groups in total. The van der Waals surface area contributed by atoms with Crippen LogP contribution in [0.4, 0.5) is 0 Å². The third-order valence-corrected chi connectivity index (χ3v) is 3.38. The Morgan fingerprint density at radius 3 is 1.94 bits per heavy atom. The van der Waals surface area contributed by atoms with E-state index in [-0.39, 0.29) is 0 Å². The summed E-state index contributed by atoms with van der Waals surface area (Å²) < 4.78 is 0. The number of nitrogens with two attached hydrogens (primary N) is 1. The molecular weight excluding hydrogens is 196 g/mol. The highest BCUT2D eigenvalue weighted by Crippen LogP contribution is 2.18. The second-order valence-electron chi connectivity index (χ2n) is 5.95. The third kappa shape index (κ3) is 9.17. The topological polar surface area (TPSA) is 38.0 Å². The number of nitrogens with one attached hydrogen (secondary N) is 1. The van der Waals surface area contributed by atoms with Crippen molar-refractivity contribution in [2.75, 3.05) is 13.1 Å². The largest absolute Gasteiger partial charge is 0.330 e. The van der Waals surface area contributed by atoms with E-state index in [9.17, 15) is 0 Å². The Kier molecular flexibility index (Phi) is 8.96. The molecule has 0 radical (unpaired) electrons. The van der Waals surface area contributed by atoms with Gasteiger partial charge in [0.05, 0.1) is 0 Å². The molecule has 2 heteroatoms. The molecule has 0 spiro atoms. The zero-order valence-corrected chi connectivity index (χ0v) is 11.8. The SMILES string of the molecule is CC(NCCCCCCCCN)C(C)(C)C. The fourth-order valence-electron chi connectivity index (χ4n) is 1.60. The summed E-state index contributed by atoms with van der Waals surface area (Å²) in [5.41, 5.74) is 5.83. The third-order valence-electron chi connectivity index (χ3n) is 3.38. The molecule has 0 rings (SSSR count). The Hall–Kier alpha value is -0.0800. The van der Waals surface area contributed by atoms with Crippen LogP contribution < -0.4 is 11.1 Å². The van der Waals surface area contributed by atoms with Gasteiger partial charge in [0.15, 0.2) is 0 Å². The van der Waals surface area contributed by atoms with Crippen LogP contribution in [-0.2, 0) is 0 Å². The first-order valence-corrected chi connectivity index (χ1v) is 6.92. The van der Waals surface area contributed by atoms with Gasteiger partial charge >= 0.3 is 0 Å². The standard InChI is InChI=1S/C14H32N2/c1-13(14(2,3)4)16-12-10-8-6-5-7-9-11-15/h13,16H,5-12,15H2,1-4H3. The van der Waals surface area contributed by atoms with Gasteiger partial charge in [-0.05, 0) is 38.3 Å². The van der Waals surface area contributed by atoms with Crippen LogP contribution in [0.15, 0.2) is 0 Å². The maximum Gasteiger partial charge on any atom is 0.00872 e. The lowest BCUT2D eigenvalue weighted by Crippen LogP contribution is -2.38. The molecule has 0 bridgehead atoms. The van der Waals surface area contributed by atoms with Gasteiger partial charge in [-0.15, -0.1) is 0 Å². The molecule has 0 saturated carbocycles. The molecule has 98 valence electrons. The summed E-state index contributed by atoms with van der Waals surface area (Å²) in [6.45, 7) is 11.2. The lowest BCUT2D eigenvalue weighted by atomic mass is 9.88. The molecule has 0 saturated heterocycles. The van der Waals surface area contributed by atoms with Crippen molar-refractivity contribution in [1.82, 2.24) is 5.32 Å². The van der Waals surface area contributed by atoms with Crippen LogP contribution in [0.3, 0.4) is 0 Å². The Balaban J connectivity index is 3.21. The summed E-state index contributed by atoms with van der Waals surface area (Å²) in [6.07, 6.45) is 7.89.